The van der Waals surface area contributed by atoms with Crippen molar-refractivity contribution in [3.8, 4) is 11.5 Å². The highest BCUT2D eigenvalue weighted by Gasteiger charge is 2.33. The third-order valence-corrected chi connectivity index (χ3v) is 7.74. The molecule has 2 aromatic carbocycles. The molecule has 0 unspecified atom stereocenters. The Morgan fingerprint density at radius 2 is 1.81 bits per heavy atom. The predicted octanol–water partition coefficient (Wildman–Crippen LogP) is 3.74. The molecule has 0 saturated carbocycles. The first-order valence-corrected chi connectivity index (χ1v) is 12.6. The lowest BCUT2D eigenvalue weighted by atomic mass is 9.99. The van der Waals surface area contributed by atoms with Gasteiger partial charge in [-0.05, 0) is 37.1 Å². The molecule has 0 bridgehead atoms. The number of para-hydroxylation sites is 2. The highest BCUT2D eigenvalue weighted by Crippen LogP contribution is 2.29. The van der Waals surface area contributed by atoms with Gasteiger partial charge < -0.3 is 14.8 Å². The van der Waals surface area contributed by atoms with E-state index in [1.54, 1.807) is 37.4 Å². The fraction of sp³-hybridized carbons (Fsp3) is 0.409. The summed E-state index contributed by atoms with van der Waals surface area (Å²) >= 11 is 12.3. The standard InChI is InChI=1S/C22H26Cl2N2O5S/c1-30-20-9-2-3-10-21(20)31-13-11-25-22(27)16-6-5-12-26(14-16)32(28,29)15-17-18(23)7-4-8-19(17)24/h2-4,7-10,16H,5-6,11-15H2,1H3,(H,25,27)/t16-/m0/s1. The molecule has 174 valence electrons. The molecule has 3 rings (SSSR count). The minimum absolute atomic E-state index is 0.129. The number of ether oxygens (including phenoxy) is 2. The molecule has 0 aromatic heterocycles. The second-order valence-electron chi connectivity index (χ2n) is 7.44. The molecule has 1 aliphatic heterocycles. The van der Waals surface area contributed by atoms with E-state index in [1.807, 2.05) is 12.1 Å². The number of piperidine rings is 1. The number of hydrogen-bond acceptors (Lipinski definition) is 5. The summed E-state index contributed by atoms with van der Waals surface area (Å²) in [5.41, 5.74) is 0.371. The van der Waals surface area contributed by atoms with Gasteiger partial charge in [-0.15, -0.1) is 0 Å². The third-order valence-electron chi connectivity index (χ3n) is 5.26. The fourth-order valence-electron chi connectivity index (χ4n) is 3.57. The van der Waals surface area contributed by atoms with Gasteiger partial charge in [0.2, 0.25) is 15.9 Å². The van der Waals surface area contributed by atoms with Crippen molar-refractivity contribution in [3.63, 3.8) is 0 Å². The van der Waals surface area contributed by atoms with Crippen LogP contribution in [0.15, 0.2) is 42.5 Å². The summed E-state index contributed by atoms with van der Waals surface area (Å²) in [7, 11) is -2.11. The quantitative estimate of drug-likeness (QED) is 0.530. The van der Waals surface area contributed by atoms with Crippen molar-refractivity contribution >= 4 is 39.1 Å². The summed E-state index contributed by atoms with van der Waals surface area (Å²) in [6.07, 6.45) is 1.23. The van der Waals surface area contributed by atoms with Crippen molar-refractivity contribution in [2.24, 2.45) is 5.92 Å². The van der Waals surface area contributed by atoms with Gasteiger partial charge in [-0.2, -0.15) is 0 Å². The van der Waals surface area contributed by atoms with E-state index in [4.69, 9.17) is 32.7 Å². The number of hydrogen-bond donors (Lipinski definition) is 1. The van der Waals surface area contributed by atoms with Crippen LogP contribution in [0.5, 0.6) is 11.5 Å². The molecule has 1 amide bonds. The molecule has 1 aliphatic rings. The van der Waals surface area contributed by atoms with Crippen LogP contribution in [0, 0.1) is 5.92 Å². The van der Waals surface area contributed by atoms with Gasteiger partial charge in [0.15, 0.2) is 11.5 Å². The lowest BCUT2D eigenvalue weighted by Crippen LogP contribution is -2.46. The molecule has 1 saturated heterocycles. The average Bonchev–Trinajstić information content (AvgIpc) is 2.79. The van der Waals surface area contributed by atoms with E-state index < -0.39 is 15.9 Å². The molecular formula is C22H26Cl2N2O5S. The molecule has 1 fully saturated rings. The number of amides is 1. The minimum Gasteiger partial charge on any atom is -0.493 e. The smallest absolute Gasteiger partial charge is 0.224 e. The van der Waals surface area contributed by atoms with E-state index in [9.17, 15) is 13.2 Å². The van der Waals surface area contributed by atoms with Gasteiger partial charge >= 0.3 is 0 Å². The molecule has 7 nitrogen and oxygen atoms in total. The number of rotatable bonds is 9. The second kappa shape index (κ2) is 11.2. The zero-order valence-corrected chi connectivity index (χ0v) is 20.0. The van der Waals surface area contributed by atoms with Crippen LogP contribution in [0.25, 0.3) is 0 Å². The summed E-state index contributed by atoms with van der Waals surface area (Å²) < 4.78 is 38.1. The Morgan fingerprint density at radius 3 is 2.50 bits per heavy atom. The number of carbonyl (C=O) groups excluding carboxylic acids is 1. The minimum atomic E-state index is -3.67. The zero-order valence-electron chi connectivity index (χ0n) is 17.7. The molecule has 1 N–H and O–H groups in total. The maximum atomic E-state index is 13.0. The second-order valence-corrected chi connectivity index (χ2v) is 10.2. The van der Waals surface area contributed by atoms with Crippen LogP contribution in [-0.4, -0.2) is 52.0 Å². The Morgan fingerprint density at radius 1 is 1.12 bits per heavy atom. The van der Waals surface area contributed by atoms with Crippen LogP contribution in [0.3, 0.4) is 0 Å². The summed E-state index contributed by atoms with van der Waals surface area (Å²) in [6, 6.07) is 12.1. The van der Waals surface area contributed by atoms with Crippen LogP contribution >= 0.6 is 23.2 Å². The number of nitrogens with one attached hydrogen (secondary N) is 1. The van der Waals surface area contributed by atoms with Gasteiger partial charge in [0, 0.05) is 28.7 Å². The molecule has 32 heavy (non-hydrogen) atoms. The van der Waals surface area contributed by atoms with Crippen molar-refractivity contribution in [1.82, 2.24) is 9.62 Å². The number of carbonyl (C=O) groups is 1. The van der Waals surface area contributed by atoms with Crippen molar-refractivity contribution in [2.45, 2.75) is 18.6 Å². The SMILES string of the molecule is COc1ccccc1OCCNC(=O)[C@H]1CCCN(S(=O)(=O)Cc2c(Cl)cccc2Cl)C1. The monoisotopic (exact) mass is 500 g/mol. The highest BCUT2D eigenvalue weighted by atomic mass is 35.5. The van der Waals surface area contributed by atoms with Crippen LogP contribution in [0.1, 0.15) is 18.4 Å². The molecule has 1 heterocycles. The molecule has 2 aromatic rings. The molecule has 0 spiro atoms. The summed E-state index contributed by atoms with van der Waals surface area (Å²) in [5.74, 6) is 0.297. The van der Waals surface area contributed by atoms with Crippen molar-refractivity contribution in [1.29, 1.82) is 0 Å². The van der Waals surface area contributed by atoms with Crippen LogP contribution in [0.2, 0.25) is 10.0 Å². The Labute approximate surface area is 198 Å². The maximum absolute atomic E-state index is 13.0. The lowest BCUT2D eigenvalue weighted by molar-refractivity contribution is -0.126. The lowest BCUT2D eigenvalue weighted by Gasteiger charge is -2.31. The predicted molar refractivity (Wildman–Crippen MR) is 125 cm³/mol. The van der Waals surface area contributed by atoms with E-state index in [0.717, 1.165) is 0 Å². The van der Waals surface area contributed by atoms with E-state index in [-0.39, 0.29) is 24.8 Å². The zero-order chi connectivity index (χ0) is 23.1. The Balaban J connectivity index is 1.53. The fourth-order valence-corrected chi connectivity index (χ4v) is 5.93. The normalized spacial score (nSPS) is 17.0. The number of nitrogens with zero attached hydrogens (tertiary/aromatic N) is 1. The Hall–Kier alpha value is -2.00. The van der Waals surface area contributed by atoms with E-state index in [0.29, 0.717) is 53.0 Å². The van der Waals surface area contributed by atoms with Crippen molar-refractivity contribution in [2.75, 3.05) is 33.4 Å². The third kappa shape index (κ3) is 6.28. The van der Waals surface area contributed by atoms with Crippen LogP contribution in [0.4, 0.5) is 0 Å². The number of halogens is 2. The van der Waals surface area contributed by atoms with E-state index in [1.165, 1.54) is 4.31 Å². The number of methoxy groups -OCH3 is 1. The number of benzene rings is 2. The molecule has 0 aliphatic carbocycles. The van der Waals surface area contributed by atoms with Gasteiger partial charge in [0.05, 0.1) is 25.3 Å². The first-order valence-electron chi connectivity index (χ1n) is 10.3. The largest absolute Gasteiger partial charge is 0.493 e. The molecule has 1 atom stereocenters. The van der Waals surface area contributed by atoms with E-state index >= 15 is 0 Å². The van der Waals surface area contributed by atoms with E-state index in [2.05, 4.69) is 5.32 Å². The summed E-state index contributed by atoms with van der Waals surface area (Å²) in [5, 5.41) is 3.45. The topological polar surface area (TPSA) is 84.9 Å². The Kier molecular flexibility index (Phi) is 8.64. The summed E-state index contributed by atoms with van der Waals surface area (Å²) in [4.78, 5) is 12.6. The highest BCUT2D eigenvalue weighted by molar-refractivity contribution is 7.88. The first kappa shape index (κ1) is 24.6. The summed E-state index contributed by atoms with van der Waals surface area (Å²) in [6.45, 7) is 1.07. The Bertz CT molecular complexity index is 1030. The van der Waals surface area contributed by atoms with Crippen LogP contribution < -0.4 is 14.8 Å². The van der Waals surface area contributed by atoms with Crippen molar-refractivity contribution in [3.05, 3.63) is 58.1 Å². The molecule has 0 radical (unpaired) electrons. The van der Waals surface area contributed by atoms with Gasteiger partial charge in [0.25, 0.3) is 0 Å². The average molecular weight is 501 g/mol. The molecule has 10 heteroatoms. The first-order chi connectivity index (χ1) is 15.3. The van der Waals surface area contributed by atoms with Crippen LogP contribution in [-0.2, 0) is 20.6 Å². The number of sulfonamides is 1. The van der Waals surface area contributed by atoms with Gasteiger partial charge in [-0.3, -0.25) is 4.79 Å². The van der Waals surface area contributed by atoms with Crippen molar-refractivity contribution < 1.29 is 22.7 Å². The molecular weight excluding hydrogens is 475 g/mol. The van der Waals surface area contributed by atoms with Gasteiger partial charge in [-0.25, -0.2) is 12.7 Å². The van der Waals surface area contributed by atoms with Gasteiger partial charge in [0.1, 0.15) is 6.61 Å². The van der Waals surface area contributed by atoms with Gasteiger partial charge in [-0.1, -0.05) is 41.4 Å². The maximum Gasteiger partial charge on any atom is 0.224 e.